The van der Waals surface area contributed by atoms with Gasteiger partial charge in [0.05, 0.1) is 11.3 Å². The predicted molar refractivity (Wildman–Crippen MR) is 115 cm³/mol. The molecule has 0 saturated carbocycles. The summed E-state index contributed by atoms with van der Waals surface area (Å²) in [5, 5.41) is 10.4. The van der Waals surface area contributed by atoms with Crippen LogP contribution in [0.4, 0.5) is 22.0 Å². The Balaban J connectivity index is 1.86. The van der Waals surface area contributed by atoms with Crippen LogP contribution >= 0.6 is 0 Å². The molecule has 3 aromatic carbocycles. The van der Waals surface area contributed by atoms with E-state index in [-0.39, 0.29) is 22.6 Å². The molecule has 0 spiro atoms. The van der Waals surface area contributed by atoms with Gasteiger partial charge in [0.25, 0.3) is 0 Å². The summed E-state index contributed by atoms with van der Waals surface area (Å²) in [6.45, 7) is 2.97. The van der Waals surface area contributed by atoms with Gasteiger partial charge in [-0.3, -0.25) is 4.57 Å². The van der Waals surface area contributed by atoms with E-state index >= 15 is 0 Å². The number of imidazole rings is 1. The van der Waals surface area contributed by atoms with Crippen molar-refractivity contribution in [3.8, 4) is 28.2 Å². The van der Waals surface area contributed by atoms with Crippen LogP contribution in [0.15, 0.2) is 72.9 Å². The van der Waals surface area contributed by atoms with Crippen molar-refractivity contribution in [1.29, 1.82) is 0 Å². The maximum absolute atomic E-state index is 14.1. The van der Waals surface area contributed by atoms with Crippen LogP contribution in [0.2, 0.25) is 0 Å². The third kappa shape index (κ3) is 4.52. The van der Waals surface area contributed by atoms with E-state index in [9.17, 15) is 27.1 Å². The molecule has 33 heavy (non-hydrogen) atoms. The van der Waals surface area contributed by atoms with Crippen LogP contribution in [-0.4, -0.2) is 14.7 Å². The Morgan fingerprint density at radius 1 is 0.848 bits per heavy atom. The first-order valence-corrected chi connectivity index (χ1v) is 10.00. The van der Waals surface area contributed by atoms with E-state index in [1.54, 1.807) is 24.3 Å². The third-order valence-electron chi connectivity index (χ3n) is 5.19. The van der Waals surface area contributed by atoms with Crippen LogP contribution in [0.25, 0.3) is 28.2 Å². The van der Waals surface area contributed by atoms with E-state index in [1.165, 1.54) is 48.9 Å². The first-order valence-electron chi connectivity index (χ1n) is 10.00. The molecule has 0 radical (unpaired) electrons. The van der Waals surface area contributed by atoms with Gasteiger partial charge in [-0.25, -0.2) is 13.8 Å². The minimum absolute atomic E-state index is 0.000706. The van der Waals surface area contributed by atoms with Gasteiger partial charge in [0.15, 0.2) is 0 Å². The largest absolute Gasteiger partial charge is 0.417 e. The number of aromatic nitrogens is 2. The molecule has 1 N–H and O–H groups in total. The second-order valence-corrected chi connectivity index (χ2v) is 8.09. The standard InChI is InChI=1S/C25H19F5N2O/c1-24(2,33)22-14-32(23(31-22)19-5-3-4-6-20(19)25(28,29)30)17-10-7-15(8-11-17)18-12-9-16(26)13-21(18)27/h3-14,33H,1-2H3. The fourth-order valence-electron chi connectivity index (χ4n) is 3.51. The van der Waals surface area contributed by atoms with E-state index in [0.717, 1.165) is 18.2 Å². The van der Waals surface area contributed by atoms with E-state index in [4.69, 9.17) is 0 Å². The molecule has 0 bridgehead atoms. The normalized spacial score (nSPS) is 12.2. The molecule has 0 unspecified atom stereocenters. The van der Waals surface area contributed by atoms with Crippen molar-refractivity contribution >= 4 is 0 Å². The summed E-state index contributed by atoms with van der Waals surface area (Å²) in [4.78, 5) is 4.32. The first-order chi connectivity index (χ1) is 15.4. The molecule has 0 fully saturated rings. The Labute approximate surface area is 186 Å². The number of alkyl halides is 3. The van der Waals surface area contributed by atoms with Crippen LogP contribution in [0, 0.1) is 11.6 Å². The molecule has 1 heterocycles. The second kappa shape index (κ2) is 8.12. The van der Waals surface area contributed by atoms with Crippen molar-refractivity contribution < 1.29 is 27.1 Å². The molecule has 0 aliphatic heterocycles. The molecule has 0 amide bonds. The maximum atomic E-state index is 14.1. The van der Waals surface area contributed by atoms with Gasteiger partial charge in [0.2, 0.25) is 0 Å². The number of benzene rings is 3. The quantitative estimate of drug-likeness (QED) is 0.344. The van der Waals surface area contributed by atoms with Gasteiger partial charge in [-0.1, -0.05) is 30.3 Å². The van der Waals surface area contributed by atoms with Crippen molar-refractivity contribution in [3.05, 3.63) is 95.8 Å². The maximum Gasteiger partial charge on any atom is 0.417 e. The lowest BCUT2D eigenvalue weighted by Crippen LogP contribution is -2.15. The molecule has 0 aliphatic carbocycles. The van der Waals surface area contributed by atoms with Gasteiger partial charge in [0.1, 0.15) is 23.1 Å². The number of aliphatic hydroxyl groups is 1. The molecule has 3 nitrogen and oxygen atoms in total. The van der Waals surface area contributed by atoms with Crippen molar-refractivity contribution in [2.75, 3.05) is 0 Å². The van der Waals surface area contributed by atoms with E-state index in [2.05, 4.69) is 4.98 Å². The Bertz CT molecular complexity index is 1300. The van der Waals surface area contributed by atoms with E-state index in [0.29, 0.717) is 11.3 Å². The van der Waals surface area contributed by atoms with Crippen molar-refractivity contribution in [3.63, 3.8) is 0 Å². The van der Waals surface area contributed by atoms with Crippen molar-refractivity contribution in [2.24, 2.45) is 0 Å². The van der Waals surface area contributed by atoms with Gasteiger partial charge in [0, 0.05) is 29.1 Å². The average molecular weight is 458 g/mol. The van der Waals surface area contributed by atoms with Crippen LogP contribution in [0.5, 0.6) is 0 Å². The highest BCUT2D eigenvalue weighted by molar-refractivity contribution is 5.68. The summed E-state index contributed by atoms with van der Waals surface area (Å²) < 4.78 is 69.8. The SMILES string of the molecule is CC(C)(O)c1cn(-c2ccc(-c3ccc(F)cc3F)cc2)c(-c2ccccc2C(F)(F)F)n1. The zero-order valence-electron chi connectivity index (χ0n) is 17.7. The van der Waals surface area contributed by atoms with Crippen LogP contribution in [0.1, 0.15) is 25.1 Å². The topological polar surface area (TPSA) is 38.0 Å². The molecule has 0 saturated heterocycles. The average Bonchev–Trinajstić information content (AvgIpc) is 3.19. The summed E-state index contributed by atoms with van der Waals surface area (Å²) in [7, 11) is 0. The minimum atomic E-state index is -4.60. The van der Waals surface area contributed by atoms with E-state index < -0.39 is 29.0 Å². The van der Waals surface area contributed by atoms with Gasteiger partial charge in [-0.15, -0.1) is 0 Å². The fraction of sp³-hybridized carbons (Fsp3) is 0.160. The number of rotatable bonds is 4. The predicted octanol–water partition coefficient (Wildman–Crippen LogP) is 6.73. The smallest absolute Gasteiger partial charge is 0.384 e. The van der Waals surface area contributed by atoms with Gasteiger partial charge >= 0.3 is 6.18 Å². The van der Waals surface area contributed by atoms with E-state index in [1.807, 2.05) is 0 Å². The monoisotopic (exact) mass is 458 g/mol. The molecule has 4 rings (SSSR count). The summed E-state index contributed by atoms with van der Waals surface area (Å²) in [6, 6.07) is 14.6. The summed E-state index contributed by atoms with van der Waals surface area (Å²) in [5.41, 5.74) is -1.10. The minimum Gasteiger partial charge on any atom is -0.384 e. The van der Waals surface area contributed by atoms with Crippen LogP contribution < -0.4 is 0 Å². The molecule has 170 valence electrons. The van der Waals surface area contributed by atoms with Crippen LogP contribution in [0.3, 0.4) is 0 Å². The Morgan fingerprint density at radius 3 is 2.12 bits per heavy atom. The highest BCUT2D eigenvalue weighted by atomic mass is 19.4. The lowest BCUT2D eigenvalue weighted by molar-refractivity contribution is -0.137. The van der Waals surface area contributed by atoms with Gasteiger partial charge in [-0.2, -0.15) is 13.2 Å². The van der Waals surface area contributed by atoms with Crippen LogP contribution in [-0.2, 0) is 11.8 Å². The lowest BCUT2D eigenvalue weighted by atomic mass is 10.0. The Morgan fingerprint density at radius 2 is 1.52 bits per heavy atom. The molecule has 4 aromatic rings. The molecule has 1 aromatic heterocycles. The zero-order valence-corrected chi connectivity index (χ0v) is 17.7. The lowest BCUT2D eigenvalue weighted by Gasteiger charge is -2.14. The number of nitrogens with zero attached hydrogens (tertiary/aromatic N) is 2. The Hall–Kier alpha value is -3.52. The molecule has 0 atom stereocenters. The van der Waals surface area contributed by atoms with Gasteiger partial charge in [-0.05, 0) is 49.7 Å². The zero-order chi connectivity index (χ0) is 24.0. The molecular formula is C25H19F5N2O. The fourth-order valence-corrected chi connectivity index (χ4v) is 3.51. The molecule has 0 aliphatic rings. The number of hydrogen-bond donors (Lipinski definition) is 1. The molecular weight excluding hydrogens is 439 g/mol. The highest BCUT2D eigenvalue weighted by Crippen LogP contribution is 2.38. The second-order valence-electron chi connectivity index (χ2n) is 8.09. The van der Waals surface area contributed by atoms with Gasteiger partial charge < -0.3 is 5.11 Å². The summed E-state index contributed by atoms with van der Waals surface area (Å²) >= 11 is 0. The van der Waals surface area contributed by atoms with Crippen molar-refractivity contribution in [2.45, 2.75) is 25.6 Å². The summed E-state index contributed by atoms with van der Waals surface area (Å²) in [5.74, 6) is -1.42. The highest BCUT2D eigenvalue weighted by Gasteiger charge is 2.35. The first kappa shape index (κ1) is 22.7. The molecule has 8 heteroatoms. The number of hydrogen-bond acceptors (Lipinski definition) is 2. The summed E-state index contributed by atoms with van der Waals surface area (Å²) in [6.07, 6.45) is -3.14. The third-order valence-corrected chi connectivity index (χ3v) is 5.19. The Kier molecular flexibility index (Phi) is 5.57. The number of halogens is 5. The van der Waals surface area contributed by atoms with Crippen molar-refractivity contribution in [1.82, 2.24) is 9.55 Å².